The summed E-state index contributed by atoms with van der Waals surface area (Å²) in [6, 6.07) is 4.06. The third-order valence-electron chi connectivity index (χ3n) is 13.5. The summed E-state index contributed by atoms with van der Waals surface area (Å²) in [6.07, 6.45) is 5.61. The Morgan fingerprint density at radius 2 is 0.988 bits per heavy atom. The van der Waals surface area contributed by atoms with Crippen molar-refractivity contribution in [3.8, 4) is 0 Å². The van der Waals surface area contributed by atoms with Gasteiger partial charge in [-0.1, -0.05) is 82.6 Å². The first kappa shape index (κ1) is 68.9. The Balaban J connectivity index is 1.97. The van der Waals surface area contributed by atoms with E-state index in [0.29, 0.717) is 41.2 Å². The number of carbonyl (C=O) groups is 10. The first-order chi connectivity index (χ1) is 38.5. The number of hydrogen-bond acceptors (Lipinski definition) is 15. The number of para-hydroxylation sites is 1. The van der Waals surface area contributed by atoms with E-state index >= 15 is 0 Å². The molecular weight excluding hydrogens is 1100 g/mol. The van der Waals surface area contributed by atoms with Crippen molar-refractivity contribution >= 4 is 105 Å². The molecule has 0 spiro atoms. The molecule has 26 heteroatoms. The molecule has 0 radical (unpaired) electrons. The summed E-state index contributed by atoms with van der Waals surface area (Å²) in [6.45, 7) is 8.03. The number of amides is 9. The van der Waals surface area contributed by atoms with Gasteiger partial charge in [-0.25, -0.2) is 4.79 Å². The molecule has 3 rings (SSSR count). The lowest BCUT2D eigenvalue weighted by molar-refractivity contribution is -0.144. The lowest BCUT2D eigenvalue weighted by Crippen LogP contribution is -2.62. The minimum Gasteiger partial charge on any atom is -0.480 e. The quantitative estimate of drug-likeness (QED) is 0.0381. The van der Waals surface area contributed by atoms with E-state index in [4.69, 9.17) is 11.5 Å². The first-order valence-electron chi connectivity index (χ1n) is 26.9. The number of aromatic nitrogens is 1. The van der Waals surface area contributed by atoms with Gasteiger partial charge >= 0.3 is 5.97 Å². The lowest BCUT2D eigenvalue weighted by Gasteiger charge is -2.29. The van der Waals surface area contributed by atoms with Crippen LogP contribution in [0.4, 0.5) is 0 Å². The largest absolute Gasteiger partial charge is 0.480 e. The second kappa shape index (κ2) is 35.5. The van der Waals surface area contributed by atoms with Gasteiger partial charge in [-0.2, -0.15) is 35.3 Å². The van der Waals surface area contributed by atoms with Crippen LogP contribution in [-0.4, -0.2) is 171 Å². The summed E-state index contributed by atoms with van der Waals surface area (Å²) in [5.74, 6) is -8.16. The van der Waals surface area contributed by atoms with Crippen LogP contribution in [0, 0.1) is 11.8 Å². The number of benzene rings is 2. The van der Waals surface area contributed by atoms with Gasteiger partial charge < -0.3 is 69.2 Å². The molecule has 23 nitrogen and oxygen atoms in total. The third kappa shape index (κ3) is 22.8. The number of nitrogens with two attached hydrogens (primary N) is 2. The van der Waals surface area contributed by atoms with E-state index in [1.807, 2.05) is 24.5 Å². The summed E-state index contributed by atoms with van der Waals surface area (Å²) >= 11 is 4.20. The van der Waals surface area contributed by atoms with Crippen molar-refractivity contribution in [3.05, 3.63) is 71.9 Å². The van der Waals surface area contributed by atoms with Crippen molar-refractivity contribution in [2.45, 2.75) is 146 Å². The summed E-state index contributed by atoms with van der Waals surface area (Å²) in [5.41, 5.74) is 13.5. The van der Waals surface area contributed by atoms with Gasteiger partial charge in [0.2, 0.25) is 53.2 Å². The van der Waals surface area contributed by atoms with Crippen LogP contribution < -0.4 is 54.0 Å². The third-order valence-corrected chi connectivity index (χ3v) is 15.4. The number of rotatable bonds is 37. The number of carbonyl (C=O) groups excluding carboxylic acids is 9. The summed E-state index contributed by atoms with van der Waals surface area (Å²) in [5, 5.41) is 42.7. The molecular formula is C55H83N11O12S3. The average Bonchev–Trinajstić information content (AvgIpc) is 3.87. The van der Waals surface area contributed by atoms with E-state index in [2.05, 4.69) is 47.5 Å². The van der Waals surface area contributed by atoms with E-state index in [0.717, 1.165) is 10.9 Å². The van der Waals surface area contributed by atoms with Gasteiger partial charge in [-0.3, -0.25) is 43.2 Å². The molecule has 81 heavy (non-hydrogen) atoms. The monoisotopic (exact) mass is 1190 g/mol. The van der Waals surface area contributed by atoms with Crippen LogP contribution in [0.15, 0.2) is 60.8 Å². The van der Waals surface area contributed by atoms with Crippen LogP contribution in [0.25, 0.3) is 10.9 Å². The molecule has 15 N–H and O–H groups in total. The van der Waals surface area contributed by atoms with Gasteiger partial charge in [0.05, 0.1) is 12.1 Å². The molecule has 9 amide bonds. The number of hydrogen-bond donors (Lipinski definition) is 13. The molecule has 3 aromatic rings. The molecule has 0 aliphatic heterocycles. The highest BCUT2D eigenvalue weighted by molar-refractivity contribution is 7.98. The number of aliphatic hydroxyl groups excluding tert-OH is 1. The van der Waals surface area contributed by atoms with Gasteiger partial charge in [0.1, 0.15) is 48.3 Å². The summed E-state index contributed by atoms with van der Waals surface area (Å²) < 4.78 is 0. The number of carboxylic acid groups (broad SMARTS) is 1. The van der Waals surface area contributed by atoms with Gasteiger partial charge in [-0.05, 0) is 97.7 Å². The highest BCUT2D eigenvalue weighted by atomic mass is 32.2. The van der Waals surface area contributed by atoms with E-state index in [-0.39, 0.29) is 38.5 Å². The van der Waals surface area contributed by atoms with E-state index in [1.165, 1.54) is 42.2 Å². The highest BCUT2D eigenvalue weighted by Crippen LogP contribution is 2.20. The molecule has 448 valence electrons. The number of fused-ring (bicyclic) bond motifs is 1. The first-order valence-corrected chi connectivity index (χ1v) is 31.1. The highest BCUT2D eigenvalue weighted by Gasteiger charge is 2.37. The van der Waals surface area contributed by atoms with E-state index < -0.39 is 131 Å². The molecule has 0 unspecified atom stereocenters. The predicted octanol–water partition coefficient (Wildman–Crippen LogP) is 0.851. The maximum absolute atomic E-state index is 14.8. The van der Waals surface area contributed by atoms with Crippen molar-refractivity contribution in [2.75, 3.05) is 36.0 Å². The zero-order chi connectivity index (χ0) is 60.3. The smallest absolute Gasteiger partial charge is 0.326 e. The zero-order valence-corrected chi connectivity index (χ0v) is 49.8. The van der Waals surface area contributed by atoms with Crippen LogP contribution in [-0.2, 0) is 60.8 Å². The molecule has 11 atom stereocenters. The van der Waals surface area contributed by atoms with Crippen molar-refractivity contribution in [2.24, 2.45) is 23.3 Å². The number of primary amides is 1. The number of aromatic amines is 1. The van der Waals surface area contributed by atoms with Crippen molar-refractivity contribution in [1.29, 1.82) is 0 Å². The number of aliphatic hydroxyl groups is 1. The lowest BCUT2D eigenvalue weighted by atomic mass is 9.97. The minimum atomic E-state index is -1.68. The van der Waals surface area contributed by atoms with Crippen LogP contribution >= 0.6 is 35.3 Å². The van der Waals surface area contributed by atoms with Crippen molar-refractivity contribution in [1.82, 2.24) is 47.5 Å². The number of aliphatic carboxylic acids is 1. The second-order valence-corrected chi connectivity index (χ2v) is 23.1. The molecule has 0 aliphatic carbocycles. The van der Waals surface area contributed by atoms with Crippen LogP contribution in [0.3, 0.4) is 0 Å². The van der Waals surface area contributed by atoms with Gasteiger partial charge in [-0.15, -0.1) is 0 Å². The number of thioether (sulfide) groups is 3. The van der Waals surface area contributed by atoms with Crippen LogP contribution in [0.2, 0.25) is 0 Å². The van der Waals surface area contributed by atoms with E-state index in [1.54, 1.807) is 82.8 Å². The maximum Gasteiger partial charge on any atom is 0.326 e. The van der Waals surface area contributed by atoms with Gasteiger partial charge in [0.15, 0.2) is 0 Å². The minimum absolute atomic E-state index is 0.00860. The Morgan fingerprint density at radius 3 is 1.52 bits per heavy atom. The Bertz CT molecular complexity index is 2570. The number of nitrogens with one attached hydrogen (secondary N) is 9. The fourth-order valence-electron chi connectivity index (χ4n) is 8.46. The molecule has 2 aromatic carbocycles. The Kier molecular flexibility index (Phi) is 30.2. The fourth-order valence-corrected chi connectivity index (χ4v) is 9.89. The van der Waals surface area contributed by atoms with Gasteiger partial charge in [0, 0.05) is 36.4 Å². The zero-order valence-electron chi connectivity index (χ0n) is 47.3. The molecule has 0 aliphatic rings. The predicted molar refractivity (Wildman–Crippen MR) is 317 cm³/mol. The molecule has 0 fully saturated rings. The molecule has 1 heterocycles. The van der Waals surface area contributed by atoms with E-state index in [9.17, 15) is 58.2 Å². The summed E-state index contributed by atoms with van der Waals surface area (Å²) in [4.78, 5) is 140. The summed E-state index contributed by atoms with van der Waals surface area (Å²) in [7, 11) is 0. The Hall–Kier alpha value is -6.35. The van der Waals surface area contributed by atoms with Crippen molar-refractivity contribution in [3.63, 3.8) is 0 Å². The normalized spacial score (nSPS) is 15.4. The topological polar surface area (TPSA) is 375 Å². The SMILES string of the molecule is CC[C@H](C)[C@H](NC(=O)[C@@H](NC(=O)[C@H](CCSC)NC(=O)[C@@H](NC(=O)[C@H](CCSC)NC(=O)[C@H](Cc1ccccc1)NC(=O)[C@H](Cc1c[nH]c2ccccc12)NC(=O)[C@H](CCC(N)=O)NC(=O)[C@@H](N)CCSC)[C@@H](C)O)C(C)C)C(=O)O. The Labute approximate surface area is 486 Å². The Morgan fingerprint density at radius 1 is 0.543 bits per heavy atom. The van der Waals surface area contributed by atoms with Crippen molar-refractivity contribution < 1.29 is 58.2 Å². The second-order valence-electron chi connectivity index (χ2n) is 20.2. The standard InChI is InChI=1S/C55H83N11O12S3/c1-9-31(4)45(55(77)78)65-53(75)44(30(2)3)64-49(71)40(23-26-81-8)61-54(76)46(32(5)67)66-50(72)39(22-25-80-7)60-51(73)41(27-33-15-11-10-12-16-33)62-52(74)42(28-34-29-58-37-18-14-13-17-35(34)37)63-48(70)38(19-20-43(57)68)59-47(69)36(56)21-24-79-6/h10-18,29-32,36,38-42,44-46,58,67H,9,19-28,56H2,1-8H3,(H2,57,68)(H,59,69)(H,60,73)(H,61,76)(H,62,74)(H,63,70)(H,64,71)(H,65,75)(H,66,72)(H,77,78)/t31-,32+,36-,38-,39-,40-,41-,42-,44-,45-,46-/m0/s1. The van der Waals surface area contributed by atoms with Crippen LogP contribution in [0.5, 0.6) is 0 Å². The molecule has 1 aromatic heterocycles. The number of H-pyrrole nitrogens is 1. The maximum atomic E-state index is 14.8. The van der Waals surface area contributed by atoms with Crippen LogP contribution in [0.1, 0.15) is 84.3 Å². The van der Waals surface area contributed by atoms with Gasteiger partial charge in [0.25, 0.3) is 0 Å². The molecule has 0 bridgehead atoms. The molecule has 0 saturated heterocycles. The number of carboxylic acids is 1. The fraction of sp³-hybridized carbons (Fsp3) is 0.564. The molecule has 0 saturated carbocycles. The average molecular weight is 1190 g/mol.